The van der Waals surface area contributed by atoms with Crippen molar-refractivity contribution in [3.8, 4) is 0 Å². The molecule has 1 saturated heterocycles. The average Bonchev–Trinajstić information content (AvgIpc) is 2.70. The maximum atomic E-state index is 12.4. The molecule has 4 heteroatoms. The molecule has 1 aliphatic rings. The van der Waals surface area contributed by atoms with E-state index in [4.69, 9.17) is 11.6 Å². The molecule has 1 amide bonds. The standard InChI is InChI=1S/C15H21ClN2O/c1-10(2)17-14-8-9-18(15(14)19)11(3)12-6-4-5-7-13(12)16/h4-7,10-11,14,17H,8-9H2,1-3H3. The van der Waals surface area contributed by atoms with Crippen molar-refractivity contribution in [2.24, 2.45) is 0 Å². The van der Waals surface area contributed by atoms with Gasteiger partial charge < -0.3 is 10.2 Å². The summed E-state index contributed by atoms with van der Waals surface area (Å²) in [6.07, 6.45) is 0.867. The Labute approximate surface area is 119 Å². The summed E-state index contributed by atoms with van der Waals surface area (Å²) in [7, 11) is 0. The number of nitrogens with one attached hydrogen (secondary N) is 1. The lowest BCUT2D eigenvalue weighted by Crippen LogP contribution is -2.42. The van der Waals surface area contributed by atoms with Crippen LogP contribution in [0.5, 0.6) is 0 Å². The summed E-state index contributed by atoms with van der Waals surface area (Å²) in [4.78, 5) is 14.3. The van der Waals surface area contributed by atoms with Crippen LogP contribution in [0.25, 0.3) is 0 Å². The van der Waals surface area contributed by atoms with Crippen molar-refractivity contribution in [2.75, 3.05) is 6.54 Å². The fraction of sp³-hybridized carbons (Fsp3) is 0.533. The zero-order valence-electron chi connectivity index (χ0n) is 11.7. The van der Waals surface area contributed by atoms with Gasteiger partial charge in [0.1, 0.15) is 0 Å². The van der Waals surface area contributed by atoms with E-state index in [-0.39, 0.29) is 18.0 Å². The molecule has 0 aromatic heterocycles. The molecule has 0 saturated carbocycles. The van der Waals surface area contributed by atoms with Crippen LogP contribution in [0.2, 0.25) is 5.02 Å². The van der Waals surface area contributed by atoms with Crippen LogP contribution >= 0.6 is 11.6 Å². The minimum Gasteiger partial charge on any atom is -0.334 e. The fourth-order valence-electron chi connectivity index (χ4n) is 2.63. The number of amides is 1. The van der Waals surface area contributed by atoms with E-state index in [1.54, 1.807) is 0 Å². The molecule has 1 aromatic rings. The summed E-state index contributed by atoms with van der Waals surface area (Å²) < 4.78 is 0. The minimum absolute atomic E-state index is 0.0279. The number of benzene rings is 1. The number of rotatable bonds is 4. The maximum absolute atomic E-state index is 12.4. The predicted octanol–water partition coefficient (Wildman–Crippen LogP) is 3.00. The normalized spacial score (nSPS) is 21.2. The SMILES string of the molecule is CC(C)NC1CCN(C(C)c2ccccc2Cl)C1=O. The molecule has 3 nitrogen and oxygen atoms in total. The van der Waals surface area contributed by atoms with E-state index in [1.807, 2.05) is 36.1 Å². The molecule has 1 aliphatic heterocycles. The first kappa shape index (κ1) is 14.4. The van der Waals surface area contributed by atoms with Crippen molar-refractivity contribution in [3.05, 3.63) is 34.9 Å². The Morgan fingerprint density at radius 2 is 2.00 bits per heavy atom. The quantitative estimate of drug-likeness (QED) is 0.920. The van der Waals surface area contributed by atoms with Gasteiger partial charge in [0.15, 0.2) is 0 Å². The van der Waals surface area contributed by atoms with Crippen LogP contribution in [0.15, 0.2) is 24.3 Å². The van der Waals surface area contributed by atoms with Gasteiger partial charge in [-0.25, -0.2) is 0 Å². The molecular formula is C15H21ClN2O. The molecule has 2 rings (SSSR count). The lowest BCUT2D eigenvalue weighted by molar-refractivity contribution is -0.131. The Morgan fingerprint density at radius 1 is 1.32 bits per heavy atom. The Bertz CT molecular complexity index is 461. The van der Waals surface area contributed by atoms with E-state index < -0.39 is 0 Å². The van der Waals surface area contributed by atoms with E-state index in [2.05, 4.69) is 19.2 Å². The van der Waals surface area contributed by atoms with E-state index in [9.17, 15) is 4.79 Å². The second kappa shape index (κ2) is 5.93. The van der Waals surface area contributed by atoms with Gasteiger partial charge in [0.25, 0.3) is 0 Å². The summed E-state index contributed by atoms with van der Waals surface area (Å²) >= 11 is 6.21. The second-order valence-electron chi connectivity index (χ2n) is 5.39. The van der Waals surface area contributed by atoms with Crippen molar-refractivity contribution < 1.29 is 4.79 Å². The van der Waals surface area contributed by atoms with Crippen LogP contribution in [-0.4, -0.2) is 29.4 Å². The number of hydrogen-bond donors (Lipinski definition) is 1. The Hall–Kier alpha value is -1.06. The van der Waals surface area contributed by atoms with Gasteiger partial charge in [-0.05, 0) is 25.0 Å². The molecule has 104 valence electrons. The number of halogens is 1. The van der Waals surface area contributed by atoms with Crippen LogP contribution in [0.1, 0.15) is 38.8 Å². The third-order valence-corrected chi connectivity index (χ3v) is 3.94. The van der Waals surface area contributed by atoms with Gasteiger partial charge >= 0.3 is 0 Å². The van der Waals surface area contributed by atoms with Crippen LogP contribution in [0.4, 0.5) is 0 Å². The van der Waals surface area contributed by atoms with Crippen molar-refractivity contribution in [1.29, 1.82) is 0 Å². The summed E-state index contributed by atoms with van der Waals surface area (Å²) in [6, 6.07) is 8.03. The van der Waals surface area contributed by atoms with E-state index in [0.29, 0.717) is 6.04 Å². The Kier molecular flexibility index (Phi) is 4.48. The molecule has 0 spiro atoms. The third kappa shape index (κ3) is 3.10. The first-order chi connectivity index (χ1) is 9.00. The van der Waals surface area contributed by atoms with E-state index in [1.165, 1.54) is 0 Å². The highest BCUT2D eigenvalue weighted by Crippen LogP contribution is 2.30. The zero-order valence-corrected chi connectivity index (χ0v) is 12.4. The largest absolute Gasteiger partial charge is 0.334 e. The van der Waals surface area contributed by atoms with Gasteiger partial charge in [-0.2, -0.15) is 0 Å². The van der Waals surface area contributed by atoms with Crippen LogP contribution in [-0.2, 0) is 4.79 Å². The molecule has 1 fully saturated rings. The first-order valence-electron chi connectivity index (χ1n) is 6.81. The van der Waals surface area contributed by atoms with Crippen LogP contribution in [0, 0.1) is 0 Å². The molecule has 1 N–H and O–H groups in total. The highest BCUT2D eigenvalue weighted by molar-refractivity contribution is 6.31. The van der Waals surface area contributed by atoms with E-state index in [0.717, 1.165) is 23.6 Å². The predicted molar refractivity (Wildman–Crippen MR) is 78.3 cm³/mol. The Balaban J connectivity index is 2.11. The minimum atomic E-state index is -0.0510. The van der Waals surface area contributed by atoms with Crippen molar-refractivity contribution in [1.82, 2.24) is 10.2 Å². The van der Waals surface area contributed by atoms with Crippen molar-refractivity contribution >= 4 is 17.5 Å². The molecule has 2 atom stereocenters. The lowest BCUT2D eigenvalue weighted by atomic mass is 10.1. The number of carbonyl (C=O) groups excluding carboxylic acids is 1. The fourth-order valence-corrected chi connectivity index (χ4v) is 2.92. The summed E-state index contributed by atoms with van der Waals surface area (Å²) in [5.41, 5.74) is 1.02. The van der Waals surface area contributed by atoms with Gasteiger partial charge in [0.2, 0.25) is 5.91 Å². The molecule has 1 heterocycles. The van der Waals surface area contributed by atoms with Gasteiger partial charge in [0.05, 0.1) is 12.1 Å². The molecule has 19 heavy (non-hydrogen) atoms. The summed E-state index contributed by atoms with van der Waals surface area (Å²) in [5, 5.41) is 4.04. The molecule has 0 radical (unpaired) electrons. The van der Waals surface area contributed by atoms with Crippen LogP contribution < -0.4 is 5.32 Å². The molecule has 2 unspecified atom stereocenters. The van der Waals surface area contributed by atoms with Crippen molar-refractivity contribution in [3.63, 3.8) is 0 Å². The van der Waals surface area contributed by atoms with Gasteiger partial charge in [-0.1, -0.05) is 43.6 Å². The molecule has 1 aromatic carbocycles. The van der Waals surface area contributed by atoms with Gasteiger partial charge in [-0.15, -0.1) is 0 Å². The second-order valence-corrected chi connectivity index (χ2v) is 5.80. The van der Waals surface area contributed by atoms with E-state index >= 15 is 0 Å². The Morgan fingerprint density at radius 3 is 2.63 bits per heavy atom. The molecule has 0 aliphatic carbocycles. The first-order valence-corrected chi connectivity index (χ1v) is 7.19. The molecule has 0 bridgehead atoms. The third-order valence-electron chi connectivity index (χ3n) is 3.60. The highest BCUT2D eigenvalue weighted by atomic mass is 35.5. The average molecular weight is 281 g/mol. The highest BCUT2D eigenvalue weighted by Gasteiger charge is 2.35. The summed E-state index contributed by atoms with van der Waals surface area (Å²) in [6.45, 7) is 6.95. The maximum Gasteiger partial charge on any atom is 0.240 e. The van der Waals surface area contributed by atoms with Gasteiger partial charge in [0, 0.05) is 17.6 Å². The monoisotopic (exact) mass is 280 g/mol. The van der Waals surface area contributed by atoms with Crippen molar-refractivity contribution in [2.45, 2.75) is 45.3 Å². The number of likely N-dealkylation sites (tertiary alicyclic amines) is 1. The number of carbonyl (C=O) groups is 1. The number of nitrogens with zero attached hydrogens (tertiary/aromatic N) is 1. The number of hydrogen-bond acceptors (Lipinski definition) is 2. The van der Waals surface area contributed by atoms with Crippen LogP contribution in [0.3, 0.4) is 0 Å². The molecular weight excluding hydrogens is 260 g/mol. The topological polar surface area (TPSA) is 32.3 Å². The smallest absolute Gasteiger partial charge is 0.240 e. The lowest BCUT2D eigenvalue weighted by Gasteiger charge is -2.26. The summed E-state index contributed by atoms with van der Waals surface area (Å²) in [5.74, 6) is 0.182. The van der Waals surface area contributed by atoms with Gasteiger partial charge in [-0.3, -0.25) is 4.79 Å². The zero-order chi connectivity index (χ0) is 14.0.